The number of hydrogen-bond donors (Lipinski definition) is 1. The van der Waals surface area contributed by atoms with E-state index < -0.39 is 0 Å². The first-order valence-corrected chi connectivity index (χ1v) is 5.03. The lowest BCUT2D eigenvalue weighted by Crippen LogP contribution is -2.17. The van der Waals surface area contributed by atoms with E-state index in [1.54, 1.807) is 7.11 Å². The molecular weight excluding hydrogens is 166 g/mol. The van der Waals surface area contributed by atoms with Gasteiger partial charge in [0.25, 0.3) is 0 Å². The van der Waals surface area contributed by atoms with Crippen LogP contribution in [0.5, 0.6) is 0 Å². The Morgan fingerprint density at radius 2 is 1.92 bits per heavy atom. The van der Waals surface area contributed by atoms with Crippen molar-refractivity contribution in [2.75, 3.05) is 20.3 Å². The average Bonchev–Trinajstić information content (AvgIpc) is 2.03. The van der Waals surface area contributed by atoms with E-state index in [1.165, 1.54) is 0 Å². The molecule has 0 fully saturated rings. The Hall–Kier alpha value is -0.120. The van der Waals surface area contributed by atoms with Crippen LogP contribution in [-0.2, 0) is 9.47 Å². The molecule has 0 aliphatic rings. The first kappa shape index (κ1) is 12.9. The van der Waals surface area contributed by atoms with Gasteiger partial charge in [-0.1, -0.05) is 0 Å². The van der Waals surface area contributed by atoms with Crippen LogP contribution in [0, 0.1) is 0 Å². The van der Waals surface area contributed by atoms with Gasteiger partial charge in [0.05, 0.1) is 12.7 Å². The van der Waals surface area contributed by atoms with E-state index in [9.17, 15) is 0 Å². The Morgan fingerprint density at radius 1 is 1.23 bits per heavy atom. The van der Waals surface area contributed by atoms with Crippen molar-refractivity contribution < 1.29 is 9.47 Å². The van der Waals surface area contributed by atoms with Gasteiger partial charge in [-0.3, -0.25) is 0 Å². The summed E-state index contributed by atoms with van der Waals surface area (Å²) < 4.78 is 10.5. The molecule has 0 amide bonds. The Kier molecular flexibility index (Phi) is 8.40. The van der Waals surface area contributed by atoms with E-state index >= 15 is 0 Å². The molecule has 0 aliphatic heterocycles. The summed E-state index contributed by atoms with van der Waals surface area (Å²) >= 11 is 0. The lowest BCUT2D eigenvalue weighted by Gasteiger charge is -2.11. The highest BCUT2D eigenvalue weighted by atomic mass is 16.5. The average molecular weight is 189 g/mol. The van der Waals surface area contributed by atoms with E-state index in [-0.39, 0.29) is 6.10 Å². The van der Waals surface area contributed by atoms with E-state index in [4.69, 9.17) is 15.2 Å². The first-order valence-electron chi connectivity index (χ1n) is 5.03. The van der Waals surface area contributed by atoms with Crippen LogP contribution >= 0.6 is 0 Å². The second-order valence-corrected chi connectivity index (χ2v) is 3.61. The molecule has 0 heterocycles. The predicted octanol–water partition coefficient (Wildman–Crippen LogP) is 1.56. The molecule has 0 aromatic heterocycles. The minimum absolute atomic E-state index is 0.209. The van der Waals surface area contributed by atoms with Crippen molar-refractivity contribution in [3.8, 4) is 0 Å². The normalized spacial score (nSPS) is 15.7. The fourth-order valence-corrected chi connectivity index (χ4v) is 1.14. The van der Waals surface area contributed by atoms with Gasteiger partial charge in [-0.15, -0.1) is 0 Å². The minimum atomic E-state index is 0.209. The lowest BCUT2D eigenvalue weighted by atomic mass is 10.1. The third kappa shape index (κ3) is 9.80. The first-order chi connectivity index (χ1) is 6.16. The summed E-state index contributed by atoms with van der Waals surface area (Å²) in [5, 5.41) is 0. The highest BCUT2D eigenvalue weighted by Crippen LogP contribution is 2.00. The van der Waals surface area contributed by atoms with Crippen molar-refractivity contribution in [1.82, 2.24) is 0 Å². The maximum absolute atomic E-state index is 5.62. The number of ether oxygens (including phenoxy) is 2. The topological polar surface area (TPSA) is 44.5 Å². The molecule has 0 saturated carbocycles. The molecule has 0 spiro atoms. The molecule has 3 heteroatoms. The van der Waals surface area contributed by atoms with Crippen LogP contribution in [0.1, 0.15) is 33.1 Å². The number of methoxy groups -OCH3 is 1. The van der Waals surface area contributed by atoms with Gasteiger partial charge >= 0.3 is 0 Å². The van der Waals surface area contributed by atoms with Crippen LogP contribution in [0.4, 0.5) is 0 Å². The molecule has 2 atom stereocenters. The van der Waals surface area contributed by atoms with E-state index in [0.717, 1.165) is 25.9 Å². The van der Waals surface area contributed by atoms with Crippen molar-refractivity contribution in [1.29, 1.82) is 0 Å². The van der Waals surface area contributed by atoms with Crippen molar-refractivity contribution in [2.45, 2.75) is 45.3 Å². The van der Waals surface area contributed by atoms with Gasteiger partial charge in [-0.05, 0) is 33.1 Å². The number of rotatable bonds is 8. The minimum Gasteiger partial charge on any atom is -0.382 e. The van der Waals surface area contributed by atoms with Gasteiger partial charge in [0.15, 0.2) is 0 Å². The van der Waals surface area contributed by atoms with Crippen molar-refractivity contribution in [2.24, 2.45) is 5.73 Å². The van der Waals surface area contributed by atoms with Gasteiger partial charge in [-0.25, -0.2) is 0 Å². The van der Waals surface area contributed by atoms with Gasteiger partial charge in [-0.2, -0.15) is 0 Å². The summed E-state index contributed by atoms with van der Waals surface area (Å²) in [6.45, 7) is 5.55. The molecule has 0 aromatic carbocycles. The maximum Gasteiger partial charge on any atom is 0.0780 e. The smallest absolute Gasteiger partial charge is 0.0780 e. The third-order valence-electron chi connectivity index (χ3n) is 1.86. The van der Waals surface area contributed by atoms with Crippen LogP contribution in [0.2, 0.25) is 0 Å². The van der Waals surface area contributed by atoms with Gasteiger partial charge < -0.3 is 15.2 Å². The van der Waals surface area contributed by atoms with E-state index in [1.807, 2.05) is 13.8 Å². The fraction of sp³-hybridized carbons (Fsp3) is 1.00. The third-order valence-corrected chi connectivity index (χ3v) is 1.86. The highest BCUT2D eigenvalue weighted by molar-refractivity contribution is 4.53. The molecule has 0 rings (SSSR count). The molecule has 0 bridgehead atoms. The molecule has 2 unspecified atom stereocenters. The summed E-state index contributed by atoms with van der Waals surface area (Å²) in [7, 11) is 1.69. The van der Waals surface area contributed by atoms with Crippen molar-refractivity contribution in [3.05, 3.63) is 0 Å². The van der Waals surface area contributed by atoms with Crippen LogP contribution in [-0.4, -0.2) is 32.5 Å². The van der Waals surface area contributed by atoms with Crippen molar-refractivity contribution >= 4 is 0 Å². The molecule has 0 aromatic rings. The molecule has 0 aliphatic carbocycles. The van der Waals surface area contributed by atoms with Gasteiger partial charge in [0.2, 0.25) is 0 Å². The van der Waals surface area contributed by atoms with Gasteiger partial charge in [0.1, 0.15) is 0 Å². The zero-order chi connectivity index (χ0) is 10.1. The predicted molar refractivity (Wildman–Crippen MR) is 54.8 cm³/mol. The summed E-state index contributed by atoms with van der Waals surface area (Å²) in [4.78, 5) is 0. The molecule has 13 heavy (non-hydrogen) atoms. The molecule has 0 saturated heterocycles. The summed E-state index contributed by atoms with van der Waals surface area (Å²) in [6, 6.07) is 0.316. The Morgan fingerprint density at radius 3 is 2.46 bits per heavy atom. The second kappa shape index (κ2) is 8.48. The largest absolute Gasteiger partial charge is 0.382 e. The number of unbranched alkanes of at least 4 members (excludes halogenated alkanes) is 1. The summed E-state index contributed by atoms with van der Waals surface area (Å²) in [5.74, 6) is 0. The molecule has 2 N–H and O–H groups in total. The standard InChI is InChI=1S/C10H23NO2/c1-9(11)6-4-5-7-13-10(2)8-12-3/h9-10H,4-8,11H2,1-3H3. The SMILES string of the molecule is COCC(C)OCCCCC(C)N. The number of nitrogens with two attached hydrogens (primary N) is 1. The molecular formula is C10H23NO2. The quantitative estimate of drug-likeness (QED) is 0.589. The van der Waals surface area contributed by atoms with Crippen LogP contribution in [0.3, 0.4) is 0 Å². The van der Waals surface area contributed by atoms with Crippen molar-refractivity contribution in [3.63, 3.8) is 0 Å². The zero-order valence-corrected chi connectivity index (χ0v) is 9.08. The zero-order valence-electron chi connectivity index (χ0n) is 9.08. The second-order valence-electron chi connectivity index (χ2n) is 3.61. The summed E-state index contributed by atoms with van der Waals surface area (Å²) in [5.41, 5.74) is 5.62. The fourth-order valence-electron chi connectivity index (χ4n) is 1.14. The van der Waals surface area contributed by atoms with Crippen LogP contribution < -0.4 is 5.73 Å². The Bertz CT molecular complexity index is 107. The monoisotopic (exact) mass is 189 g/mol. The maximum atomic E-state index is 5.62. The Labute approximate surface area is 81.6 Å². The van der Waals surface area contributed by atoms with E-state index in [0.29, 0.717) is 12.6 Å². The van der Waals surface area contributed by atoms with Crippen LogP contribution in [0.25, 0.3) is 0 Å². The highest BCUT2D eigenvalue weighted by Gasteiger charge is 2.00. The molecule has 0 radical (unpaired) electrons. The molecule has 80 valence electrons. The van der Waals surface area contributed by atoms with E-state index in [2.05, 4.69) is 0 Å². The Balaban J connectivity index is 3.06. The summed E-state index contributed by atoms with van der Waals surface area (Å²) in [6.07, 6.45) is 3.54. The molecule has 3 nitrogen and oxygen atoms in total. The van der Waals surface area contributed by atoms with Gasteiger partial charge in [0, 0.05) is 19.8 Å². The number of hydrogen-bond acceptors (Lipinski definition) is 3. The lowest BCUT2D eigenvalue weighted by molar-refractivity contribution is 0.00759. The van der Waals surface area contributed by atoms with Crippen LogP contribution in [0.15, 0.2) is 0 Å².